The van der Waals surface area contributed by atoms with Crippen LogP contribution in [0.15, 0.2) is 30.3 Å². The lowest BCUT2D eigenvalue weighted by atomic mass is 9.90. The van der Waals surface area contributed by atoms with Crippen molar-refractivity contribution in [2.45, 2.75) is 43.8 Å². The molecule has 210 valence electrons. The topological polar surface area (TPSA) is 176 Å². The van der Waals surface area contributed by atoms with Gasteiger partial charge < -0.3 is 16.8 Å². The SMILES string of the molecule is CS(=O)(=O)N1CCCC(N2C(=O)c3ccc(C4CC[C@@H](N5C(=O)c6cccc(N)c6C5=O)CN4)c(N)c3C2=O)C1. The highest BCUT2D eigenvalue weighted by molar-refractivity contribution is 7.88. The van der Waals surface area contributed by atoms with Crippen LogP contribution in [-0.4, -0.2) is 84.1 Å². The maximum atomic E-state index is 13.5. The molecular weight excluding hydrogens is 536 g/mol. The third-order valence-corrected chi connectivity index (χ3v) is 9.73. The van der Waals surface area contributed by atoms with Crippen molar-refractivity contribution in [2.24, 2.45) is 0 Å². The Kier molecular flexibility index (Phi) is 6.20. The molecule has 2 fully saturated rings. The van der Waals surface area contributed by atoms with E-state index < -0.39 is 33.8 Å². The van der Waals surface area contributed by atoms with Crippen LogP contribution in [0, 0.1) is 0 Å². The third-order valence-electron chi connectivity index (χ3n) is 8.46. The Morgan fingerprint density at radius 1 is 0.825 bits per heavy atom. The molecule has 0 bridgehead atoms. The summed E-state index contributed by atoms with van der Waals surface area (Å²) in [7, 11) is -3.46. The van der Waals surface area contributed by atoms with Gasteiger partial charge in [0.15, 0.2) is 0 Å². The van der Waals surface area contributed by atoms with Crippen molar-refractivity contribution in [3.05, 3.63) is 58.1 Å². The summed E-state index contributed by atoms with van der Waals surface area (Å²) in [6.45, 7) is 0.744. The first-order valence-corrected chi connectivity index (χ1v) is 15.1. The summed E-state index contributed by atoms with van der Waals surface area (Å²) in [5.41, 5.74) is 14.5. The Balaban J connectivity index is 1.19. The van der Waals surface area contributed by atoms with Crippen LogP contribution in [-0.2, 0) is 10.0 Å². The van der Waals surface area contributed by atoms with Crippen molar-refractivity contribution in [1.29, 1.82) is 0 Å². The molecule has 0 aliphatic carbocycles. The van der Waals surface area contributed by atoms with Crippen LogP contribution >= 0.6 is 0 Å². The molecule has 12 nitrogen and oxygen atoms in total. The second-order valence-electron chi connectivity index (χ2n) is 10.8. The van der Waals surface area contributed by atoms with E-state index in [9.17, 15) is 27.6 Å². The maximum Gasteiger partial charge on any atom is 0.263 e. The van der Waals surface area contributed by atoms with E-state index >= 15 is 0 Å². The number of nitrogens with zero attached hydrogens (tertiary/aromatic N) is 3. The van der Waals surface area contributed by atoms with Crippen LogP contribution < -0.4 is 16.8 Å². The van der Waals surface area contributed by atoms with E-state index in [2.05, 4.69) is 5.32 Å². The fourth-order valence-electron chi connectivity index (χ4n) is 6.44. The van der Waals surface area contributed by atoms with Crippen molar-refractivity contribution in [2.75, 3.05) is 37.4 Å². The fourth-order valence-corrected chi connectivity index (χ4v) is 7.35. The highest BCUT2D eigenvalue weighted by atomic mass is 32.2. The fraction of sp³-hybridized carbons (Fsp3) is 0.407. The zero-order valence-corrected chi connectivity index (χ0v) is 22.7. The molecule has 4 aliphatic heterocycles. The van der Waals surface area contributed by atoms with E-state index in [0.717, 1.165) is 11.2 Å². The number of benzene rings is 2. The predicted molar refractivity (Wildman–Crippen MR) is 146 cm³/mol. The Labute approximate surface area is 231 Å². The van der Waals surface area contributed by atoms with E-state index in [4.69, 9.17) is 11.5 Å². The van der Waals surface area contributed by atoms with Gasteiger partial charge in [-0.2, -0.15) is 0 Å². The van der Waals surface area contributed by atoms with Crippen molar-refractivity contribution in [3.8, 4) is 0 Å². The Morgan fingerprint density at radius 2 is 1.50 bits per heavy atom. The van der Waals surface area contributed by atoms with Gasteiger partial charge in [-0.3, -0.25) is 29.0 Å². The van der Waals surface area contributed by atoms with Crippen LogP contribution in [0.5, 0.6) is 0 Å². The van der Waals surface area contributed by atoms with Crippen LogP contribution in [0.4, 0.5) is 11.4 Å². The van der Waals surface area contributed by atoms with E-state index in [1.54, 1.807) is 30.3 Å². The number of nitrogens with two attached hydrogens (primary N) is 2. The van der Waals surface area contributed by atoms with Gasteiger partial charge in [0, 0.05) is 37.1 Å². The predicted octanol–water partition coefficient (Wildman–Crippen LogP) is 0.960. The highest BCUT2D eigenvalue weighted by Crippen LogP contribution is 2.38. The summed E-state index contributed by atoms with van der Waals surface area (Å²) in [5, 5.41) is 3.36. The van der Waals surface area contributed by atoms with Gasteiger partial charge in [-0.1, -0.05) is 12.1 Å². The quantitative estimate of drug-likeness (QED) is 0.359. The van der Waals surface area contributed by atoms with Crippen molar-refractivity contribution < 1.29 is 27.6 Å². The van der Waals surface area contributed by atoms with Gasteiger partial charge in [-0.15, -0.1) is 0 Å². The third kappa shape index (κ3) is 3.99. The summed E-state index contributed by atoms with van der Waals surface area (Å²) < 4.78 is 25.5. The Morgan fingerprint density at radius 3 is 2.15 bits per heavy atom. The molecule has 0 spiro atoms. The summed E-state index contributed by atoms with van der Waals surface area (Å²) in [4.78, 5) is 55.2. The summed E-state index contributed by atoms with van der Waals surface area (Å²) >= 11 is 0. The average Bonchev–Trinajstić information content (AvgIpc) is 3.34. The molecule has 0 aromatic heterocycles. The van der Waals surface area contributed by atoms with Gasteiger partial charge in [-0.25, -0.2) is 12.7 Å². The molecule has 0 radical (unpaired) electrons. The molecule has 40 heavy (non-hydrogen) atoms. The molecule has 13 heteroatoms. The zero-order chi connectivity index (χ0) is 28.5. The number of nitrogens with one attached hydrogen (secondary N) is 1. The molecule has 5 N–H and O–H groups in total. The number of hydrogen-bond donors (Lipinski definition) is 3. The van der Waals surface area contributed by atoms with Crippen molar-refractivity contribution in [1.82, 2.24) is 19.4 Å². The zero-order valence-electron chi connectivity index (χ0n) is 21.9. The molecular formula is C27H30N6O6S. The van der Waals surface area contributed by atoms with Crippen LogP contribution in [0.2, 0.25) is 0 Å². The van der Waals surface area contributed by atoms with E-state index in [-0.39, 0.29) is 52.6 Å². The molecule has 4 heterocycles. The Hall–Kier alpha value is -3.81. The number of imide groups is 2. The normalized spacial score (nSPS) is 25.5. The first-order chi connectivity index (χ1) is 19.0. The second-order valence-corrected chi connectivity index (χ2v) is 12.8. The smallest absolute Gasteiger partial charge is 0.263 e. The van der Waals surface area contributed by atoms with Crippen molar-refractivity contribution in [3.63, 3.8) is 0 Å². The van der Waals surface area contributed by atoms with Gasteiger partial charge in [0.1, 0.15) is 0 Å². The lowest BCUT2D eigenvalue weighted by molar-refractivity contribution is 0.0521. The molecule has 2 aromatic rings. The molecule has 0 saturated carbocycles. The number of fused-ring (bicyclic) bond motifs is 2. The number of anilines is 2. The molecule has 2 unspecified atom stereocenters. The van der Waals surface area contributed by atoms with E-state index in [1.165, 1.54) is 9.21 Å². The number of carbonyl (C=O) groups is 4. The number of hydrogen-bond acceptors (Lipinski definition) is 9. The molecule has 2 aromatic carbocycles. The first kappa shape index (κ1) is 26.4. The van der Waals surface area contributed by atoms with Gasteiger partial charge in [-0.05, 0) is 49.4 Å². The highest BCUT2D eigenvalue weighted by Gasteiger charge is 2.45. The molecule has 3 atom stereocenters. The molecule has 4 amide bonds. The summed E-state index contributed by atoms with van der Waals surface area (Å²) in [6.07, 6.45) is 3.22. The van der Waals surface area contributed by atoms with E-state index in [0.29, 0.717) is 49.9 Å². The molecule has 2 saturated heterocycles. The van der Waals surface area contributed by atoms with Gasteiger partial charge >= 0.3 is 0 Å². The Bertz CT molecular complexity index is 1580. The number of rotatable bonds is 4. The average molecular weight is 567 g/mol. The monoisotopic (exact) mass is 566 g/mol. The minimum atomic E-state index is -3.46. The van der Waals surface area contributed by atoms with Crippen LogP contribution in [0.3, 0.4) is 0 Å². The first-order valence-electron chi connectivity index (χ1n) is 13.2. The number of piperidine rings is 2. The lowest BCUT2D eigenvalue weighted by Gasteiger charge is -2.35. The number of sulfonamides is 1. The summed E-state index contributed by atoms with van der Waals surface area (Å²) in [5.74, 6) is -1.75. The summed E-state index contributed by atoms with van der Waals surface area (Å²) in [6, 6.07) is 6.98. The number of carbonyl (C=O) groups excluding carboxylic acids is 4. The number of amides is 4. The molecule has 4 aliphatic rings. The molecule has 6 rings (SSSR count). The van der Waals surface area contributed by atoms with Crippen LogP contribution in [0.1, 0.15) is 78.7 Å². The second kappa shape index (κ2) is 9.39. The van der Waals surface area contributed by atoms with E-state index in [1.807, 2.05) is 0 Å². The van der Waals surface area contributed by atoms with Gasteiger partial charge in [0.05, 0.1) is 40.6 Å². The van der Waals surface area contributed by atoms with Crippen molar-refractivity contribution >= 4 is 45.0 Å². The lowest BCUT2D eigenvalue weighted by Crippen LogP contribution is -2.51. The number of nitrogen functional groups attached to an aromatic ring is 2. The minimum absolute atomic E-state index is 0.0616. The minimum Gasteiger partial charge on any atom is -0.398 e. The van der Waals surface area contributed by atoms with Gasteiger partial charge in [0.2, 0.25) is 10.0 Å². The largest absolute Gasteiger partial charge is 0.398 e. The van der Waals surface area contributed by atoms with Gasteiger partial charge in [0.25, 0.3) is 23.6 Å². The maximum absolute atomic E-state index is 13.5. The standard InChI is InChI=1S/C27H30N6O6S/c1-40(38,39)31-11-3-4-15(13-31)33-25(35)18-9-8-16(23(29)22(18)27(33)37)20-10-7-14(12-30-20)32-24(34)17-5-2-6-19(28)21(17)26(32)36/h2,5-6,8-9,14-15,20,30H,3-4,7,10-13,28-29H2,1H3/t14-,15?,20?/m1/s1. The van der Waals surface area contributed by atoms with Crippen LogP contribution in [0.25, 0.3) is 0 Å².